The second kappa shape index (κ2) is 8.63. The van der Waals surface area contributed by atoms with Crippen LogP contribution < -0.4 is 5.32 Å². The third-order valence-electron chi connectivity index (χ3n) is 5.45. The summed E-state index contributed by atoms with van der Waals surface area (Å²) >= 11 is 0. The third-order valence-corrected chi connectivity index (χ3v) is 5.45. The summed E-state index contributed by atoms with van der Waals surface area (Å²) in [5.74, 6) is 0.253. The van der Waals surface area contributed by atoms with Crippen molar-refractivity contribution in [3.05, 3.63) is 47.5 Å². The van der Waals surface area contributed by atoms with E-state index in [0.717, 1.165) is 76.6 Å². The van der Waals surface area contributed by atoms with Crippen molar-refractivity contribution < 1.29 is 4.79 Å². The highest BCUT2D eigenvalue weighted by Crippen LogP contribution is 2.11. The monoisotopic (exact) mass is 368 g/mol. The third kappa shape index (κ3) is 4.73. The topological polar surface area (TPSA) is 66.3 Å². The number of rotatable bonds is 6. The number of aromatic nitrogens is 3. The Morgan fingerprint density at radius 1 is 1.07 bits per heavy atom. The molecule has 0 aliphatic carbocycles. The molecule has 1 N–H and O–H groups in total. The van der Waals surface area contributed by atoms with Crippen LogP contribution in [-0.4, -0.2) is 69.7 Å². The maximum atomic E-state index is 12.6. The molecular weight excluding hydrogens is 340 g/mol. The molecule has 0 saturated carbocycles. The molecule has 1 amide bonds. The first-order valence-electron chi connectivity index (χ1n) is 9.94. The van der Waals surface area contributed by atoms with Crippen LogP contribution in [-0.2, 0) is 30.7 Å². The van der Waals surface area contributed by atoms with Crippen LogP contribution >= 0.6 is 0 Å². The van der Waals surface area contributed by atoms with E-state index in [0.29, 0.717) is 6.42 Å². The standard InChI is InChI=1S/C20H28N6O/c27-20(5-4-18-15-19-16-21-8-10-26(19)23-18)25-13-11-24(12-14-25)9-6-17-3-1-2-7-22-17/h1-3,7,15,21H,4-6,8-14,16H2. The number of amides is 1. The molecule has 7 heteroatoms. The van der Waals surface area contributed by atoms with Crippen LogP contribution in [0.5, 0.6) is 0 Å². The second-order valence-corrected chi connectivity index (χ2v) is 7.32. The summed E-state index contributed by atoms with van der Waals surface area (Å²) in [5, 5.41) is 7.98. The molecule has 2 aliphatic heterocycles. The van der Waals surface area contributed by atoms with Gasteiger partial charge in [0.05, 0.1) is 17.9 Å². The molecule has 4 heterocycles. The van der Waals surface area contributed by atoms with Crippen molar-refractivity contribution in [2.45, 2.75) is 32.4 Å². The number of piperazine rings is 1. The van der Waals surface area contributed by atoms with Crippen LogP contribution in [0, 0.1) is 0 Å². The smallest absolute Gasteiger partial charge is 0.223 e. The fourth-order valence-corrected chi connectivity index (χ4v) is 3.81. The van der Waals surface area contributed by atoms with E-state index in [1.807, 2.05) is 23.2 Å². The van der Waals surface area contributed by atoms with Crippen LogP contribution in [0.3, 0.4) is 0 Å². The van der Waals surface area contributed by atoms with Gasteiger partial charge in [-0.05, 0) is 18.2 Å². The molecule has 0 spiro atoms. The van der Waals surface area contributed by atoms with Crippen molar-refractivity contribution in [3.63, 3.8) is 0 Å². The van der Waals surface area contributed by atoms with E-state index in [2.05, 4.69) is 37.1 Å². The second-order valence-electron chi connectivity index (χ2n) is 7.32. The molecule has 0 unspecified atom stereocenters. The van der Waals surface area contributed by atoms with Crippen molar-refractivity contribution in [3.8, 4) is 0 Å². The van der Waals surface area contributed by atoms with Gasteiger partial charge in [0.15, 0.2) is 0 Å². The largest absolute Gasteiger partial charge is 0.340 e. The van der Waals surface area contributed by atoms with E-state index in [1.165, 1.54) is 5.69 Å². The maximum Gasteiger partial charge on any atom is 0.223 e. The van der Waals surface area contributed by atoms with Gasteiger partial charge in [0, 0.05) is 77.0 Å². The molecular formula is C20H28N6O. The molecule has 1 fully saturated rings. The van der Waals surface area contributed by atoms with Gasteiger partial charge in [0.1, 0.15) is 0 Å². The van der Waals surface area contributed by atoms with Gasteiger partial charge >= 0.3 is 0 Å². The summed E-state index contributed by atoms with van der Waals surface area (Å²) in [6, 6.07) is 8.19. The first-order valence-corrected chi connectivity index (χ1v) is 9.94. The molecule has 2 aromatic rings. The van der Waals surface area contributed by atoms with Crippen molar-refractivity contribution in [1.82, 2.24) is 29.9 Å². The SMILES string of the molecule is O=C(CCc1cc2n(n1)CCNC2)N1CCN(CCc2ccccn2)CC1. The molecule has 2 aromatic heterocycles. The van der Waals surface area contributed by atoms with Crippen molar-refractivity contribution in [2.24, 2.45) is 0 Å². The summed E-state index contributed by atoms with van der Waals surface area (Å²) in [7, 11) is 0. The van der Waals surface area contributed by atoms with Crippen LogP contribution in [0.15, 0.2) is 30.5 Å². The summed E-state index contributed by atoms with van der Waals surface area (Å²) in [5.41, 5.74) is 3.40. The van der Waals surface area contributed by atoms with Crippen molar-refractivity contribution >= 4 is 5.91 Å². The van der Waals surface area contributed by atoms with Gasteiger partial charge in [0.2, 0.25) is 5.91 Å². The molecule has 2 aliphatic rings. The Balaban J connectivity index is 1.19. The normalized spacial score (nSPS) is 17.7. The number of fused-ring (bicyclic) bond motifs is 1. The quantitative estimate of drug-likeness (QED) is 0.813. The minimum atomic E-state index is 0.253. The van der Waals surface area contributed by atoms with Gasteiger partial charge in [-0.2, -0.15) is 5.10 Å². The van der Waals surface area contributed by atoms with Crippen LogP contribution in [0.25, 0.3) is 0 Å². The minimum Gasteiger partial charge on any atom is -0.340 e. The van der Waals surface area contributed by atoms with Gasteiger partial charge in [-0.25, -0.2) is 0 Å². The first kappa shape index (κ1) is 18.1. The first-order chi connectivity index (χ1) is 13.3. The Bertz CT molecular complexity index is 728. The molecule has 0 radical (unpaired) electrons. The van der Waals surface area contributed by atoms with Gasteiger partial charge < -0.3 is 10.2 Å². The van der Waals surface area contributed by atoms with Gasteiger partial charge in [-0.1, -0.05) is 6.07 Å². The Kier molecular flexibility index (Phi) is 5.79. The lowest BCUT2D eigenvalue weighted by Gasteiger charge is -2.34. The Morgan fingerprint density at radius 3 is 2.74 bits per heavy atom. The number of carbonyl (C=O) groups excluding carboxylic acids is 1. The zero-order valence-corrected chi connectivity index (χ0v) is 15.8. The molecule has 144 valence electrons. The fourth-order valence-electron chi connectivity index (χ4n) is 3.81. The van der Waals surface area contributed by atoms with E-state index in [9.17, 15) is 4.79 Å². The van der Waals surface area contributed by atoms with E-state index >= 15 is 0 Å². The summed E-state index contributed by atoms with van der Waals surface area (Å²) in [6.07, 6.45) is 4.10. The van der Waals surface area contributed by atoms with Gasteiger partial charge in [-0.3, -0.25) is 19.4 Å². The number of hydrogen-bond acceptors (Lipinski definition) is 5. The highest BCUT2D eigenvalue weighted by atomic mass is 16.2. The minimum absolute atomic E-state index is 0.253. The number of hydrogen-bond donors (Lipinski definition) is 1. The maximum absolute atomic E-state index is 12.6. The highest BCUT2D eigenvalue weighted by molar-refractivity contribution is 5.76. The molecule has 0 bridgehead atoms. The van der Waals surface area contributed by atoms with Crippen LogP contribution in [0.2, 0.25) is 0 Å². The lowest BCUT2D eigenvalue weighted by atomic mass is 10.2. The van der Waals surface area contributed by atoms with Crippen molar-refractivity contribution in [1.29, 1.82) is 0 Å². The van der Waals surface area contributed by atoms with E-state index < -0.39 is 0 Å². The molecule has 4 rings (SSSR count). The lowest BCUT2D eigenvalue weighted by Crippen LogP contribution is -2.49. The van der Waals surface area contributed by atoms with Crippen LogP contribution in [0.4, 0.5) is 0 Å². The predicted molar refractivity (Wildman–Crippen MR) is 103 cm³/mol. The highest BCUT2D eigenvalue weighted by Gasteiger charge is 2.21. The molecule has 1 saturated heterocycles. The molecule has 27 heavy (non-hydrogen) atoms. The lowest BCUT2D eigenvalue weighted by molar-refractivity contribution is -0.132. The Morgan fingerprint density at radius 2 is 1.96 bits per heavy atom. The summed E-state index contributed by atoms with van der Waals surface area (Å²) in [6.45, 7) is 7.32. The molecule has 0 aromatic carbocycles. The molecule has 7 nitrogen and oxygen atoms in total. The molecule has 0 atom stereocenters. The Hall–Kier alpha value is -2.25. The van der Waals surface area contributed by atoms with Gasteiger partial charge in [-0.15, -0.1) is 0 Å². The average Bonchev–Trinajstić information content (AvgIpc) is 3.15. The van der Waals surface area contributed by atoms with E-state index in [-0.39, 0.29) is 5.91 Å². The van der Waals surface area contributed by atoms with Gasteiger partial charge in [0.25, 0.3) is 0 Å². The summed E-state index contributed by atoms with van der Waals surface area (Å²) < 4.78 is 2.07. The number of aryl methyl sites for hydroxylation is 1. The number of nitrogens with zero attached hydrogens (tertiary/aromatic N) is 5. The van der Waals surface area contributed by atoms with Crippen LogP contribution in [0.1, 0.15) is 23.5 Å². The fraction of sp³-hybridized carbons (Fsp3) is 0.550. The zero-order valence-electron chi connectivity index (χ0n) is 15.8. The number of nitrogens with one attached hydrogen (secondary N) is 1. The summed E-state index contributed by atoms with van der Waals surface area (Å²) in [4.78, 5) is 21.4. The average molecular weight is 368 g/mol. The van der Waals surface area contributed by atoms with E-state index in [4.69, 9.17) is 0 Å². The number of carbonyl (C=O) groups is 1. The van der Waals surface area contributed by atoms with Crippen molar-refractivity contribution in [2.75, 3.05) is 39.3 Å². The Labute approximate surface area is 160 Å². The predicted octanol–water partition coefficient (Wildman–Crippen LogP) is 0.701. The van der Waals surface area contributed by atoms with E-state index in [1.54, 1.807) is 0 Å². The number of pyridine rings is 1. The zero-order chi connectivity index (χ0) is 18.5.